The summed E-state index contributed by atoms with van der Waals surface area (Å²) < 4.78 is 1.66. The number of nitrogens with one attached hydrogen (secondary N) is 3. The average Bonchev–Trinajstić information content (AvgIpc) is 3.43. The number of aromatic nitrogens is 3. The highest BCUT2D eigenvalue weighted by Crippen LogP contribution is 2.23. The Bertz CT molecular complexity index is 1130. The Morgan fingerprint density at radius 1 is 0.897 bits per heavy atom. The van der Waals surface area contributed by atoms with Crippen molar-refractivity contribution in [2.75, 3.05) is 0 Å². The summed E-state index contributed by atoms with van der Waals surface area (Å²) >= 11 is 0. The Balaban J connectivity index is 1.64. The first-order chi connectivity index (χ1) is 14.1. The second kappa shape index (κ2) is 7.85. The fraction of sp³-hybridized carbons (Fsp3) is 0.0455. The number of hydrazine groups is 1. The molecule has 2 aromatic carbocycles. The average molecular weight is 385 g/mol. The molecule has 144 valence electrons. The topological polar surface area (TPSA) is 91.8 Å². The molecule has 4 rings (SSSR count). The van der Waals surface area contributed by atoms with Crippen molar-refractivity contribution >= 4 is 11.8 Å². The molecule has 0 radical (unpaired) electrons. The Labute approximate surface area is 167 Å². The van der Waals surface area contributed by atoms with Crippen molar-refractivity contribution in [2.45, 2.75) is 6.92 Å². The summed E-state index contributed by atoms with van der Waals surface area (Å²) in [6.07, 6.45) is 3.29. The molecule has 7 nitrogen and oxygen atoms in total. The minimum Gasteiger partial charge on any atom is -0.357 e. The summed E-state index contributed by atoms with van der Waals surface area (Å²) in [5.41, 5.74) is 8.87. The molecule has 7 heteroatoms. The number of amides is 2. The molecule has 2 amide bonds. The highest BCUT2D eigenvalue weighted by atomic mass is 16.2. The van der Waals surface area contributed by atoms with E-state index in [4.69, 9.17) is 0 Å². The van der Waals surface area contributed by atoms with E-state index in [1.807, 2.05) is 61.5 Å². The summed E-state index contributed by atoms with van der Waals surface area (Å²) in [5, 5.41) is 4.62. The van der Waals surface area contributed by atoms with Gasteiger partial charge in [-0.15, -0.1) is 0 Å². The van der Waals surface area contributed by atoms with E-state index in [0.29, 0.717) is 17.0 Å². The van der Waals surface area contributed by atoms with Crippen molar-refractivity contribution in [1.82, 2.24) is 25.6 Å². The van der Waals surface area contributed by atoms with E-state index >= 15 is 0 Å². The van der Waals surface area contributed by atoms with E-state index in [2.05, 4.69) is 20.9 Å². The molecule has 0 fully saturated rings. The molecule has 0 saturated heterocycles. The van der Waals surface area contributed by atoms with Gasteiger partial charge >= 0.3 is 0 Å². The van der Waals surface area contributed by atoms with Crippen LogP contribution in [0.2, 0.25) is 0 Å². The summed E-state index contributed by atoms with van der Waals surface area (Å²) in [4.78, 5) is 27.7. The highest BCUT2D eigenvalue weighted by molar-refractivity contribution is 6.02. The van der Waals surface area contributed by atoms with Crippen molar-refractivity contribution in [3.05, 3.63) is 95.9 Å². The van der Waals surface area contributed by atoms with Crippen molar-refractivity contribution in [3.8, 4) is 16.9 Å². The number of H-pyrrole nitrogens is 1. The third-order valence-corrected chi connectivity index (χ3v) is 4.44. The normalized spacial score (nSPS) is 10.5. The quantitative estimate of drug-likeness (QED) is 0.471. The predicted molar refractivity (Wildman–Crippen MR) is 109 cm³/mol. The summed E-state index contributed by atoms with van der Waals surface area (Å²) in [6.45, 7) is 2.01. The van der Waals surface area contributed by atoms with Crippen LogP contribution in [0.5, 0.6) is 0 Å². The third kappa shape index (κ3) is 3.93. The molecular formula is C22H19N5O2. The van der Waals surface area contributed by atoms with Crippen molar-refractivity contribution in [2.24, 2.45) is 0 Å². The SMILES string of the molecule is Cc1ccc(-n2cc(C(=O)NNC(=O)c3ccc[nH]3)c(-c3ccccc3)n2)cc1. The molecule has 0 atom stereocenters. The first-order valence-electron chi connectivity index (χ1n) is 9.08. The van der Waals surface area contributed by atoms with Crippen LogP contribution in [-0.4, -0.2) is 26.6 Å². The van der Waals surface area contributed by atoms with Crippen LogP contribution in [-0.2, 0) is 0 Å². The van der Waals surface area contributed by atoms with E-state index in [9.17, 15) is 9.59 Å². The first kappa shape index (κ1) is 18.2. The number of aryl methyl sites for hydroxylation is 1. The fourth-order valence-electron chi connectivity index (χ4n) is 2.90. The van der Waals surface area contributed by atoms with Crippen molar-refractivity contribution < 1.29 is 9.59 Å². The number of carbonyl (C=O) groups excluding carboxylic acids is 2. The lowest BCUT2D eigenvalue weighted by molar-refractivity contribution is 0.0844. The van der Waals surface area contributed by atoms with Crippen LogP contribution in [0.15, 0.2) is 79.1 Å². The van der Waals surface area contributed by atoms with Gasteiger partial charge in [0.2, 0.25) is 0 Å². The van der Waals surface area contributed by atoms with Gasteiger partial charge in [0.15, 0.2) is 0 Å². The molecule has 0 aliphatic heterocycles. The predicted octanol–water partition coefficient (Wildman–Crippen LogP) is 3.25. The molecule has 2 aromatic heterocycles. The number of aromatic amines is 1. The minimum absolute atomic E-state index is 0.351. The van der Waals surface area contributed by atoms with Crippen LogP contribution in [0, 0.1) is 6.92 Å². The van der Waals surface area contributed by atoms with Gasteiger partial charge in [-0.1, -0.05) is 48.0 Å². The second-order valence-corrected chi connectivity index (χ2v) is 6.53. The Hall–Kier alpha value is -4.13. The zero-order valence-corrected chi connectivity index (χ0v) is 15.7. The van der Waals surface area contributed by atoms with Crippen molar-refractivity contribution in [3.63, 3.8) is 0 Å². The highest BCUT2D eigenvalue weighted by Gasteiger charge is 2.19. The third-order valence-electron chi connectivity index (χ3n) is 4.44. The Morgan fingerprint density at radius 3 is 2.31 bits per heavy atom. The number of hydrogen-bond acceptors (Lipinski definition) is 3. The van der Waals surface area contributed by atoms with E-state index in [1.165, 1.54) is 0 Å². The lowest BCUT2D eigenvalue weighted by Gasteiger charge is -2.06. The Morgan fingerprint density at radius 2 is 1.62 bits per heavy atom. The van der Waals surface area contributed by atoms with Gasteiger partial charge in [-0.3, -0.25) is 20.4 Å². The molecule has 0 aliphatic carbocycles. The smallest absolute Gasteiger partial charge is 0.286 e. The number of rotatable bonds is 4. The van der Waals surface area contributed by atoms with Crippen LogP contribution in [0.4, 0.5) is 0 Å². The van der Waals surface area contributed by atoms with Crippen LogP contribution >= 0.6 is 0 Å². The van der Waals surface area contributed by atoms with Gasteiger partial charge in [0.1, 0.15) is 11.4 Å². The summed E-state index contributed by atoms with van der Waals surface area (Å²) in [5.74, 6) is -0.891. The molecule has 29 heavy (non-hydrogen) atoms. The van der Waals surface area contributed by atoms with Gasteiger partial charge < -0.3 is 4.98 Å². The van der Waals surface area contributed by atoms with Gasteiger partial charge in [0, 0.05) is 18.0 Å². The molecule has 4 aromatic rings. The zero-order chi connectivity index (χ0) is 20.2. The maximum Gasteiger partial charge on any atom is 0.286 e. The van der Waals surface area contributed by atoms with Crippen LogP contribution in [0.1, 0.15) is 26.4 Å². The zero-order valence-electron chi connectivity index (χ0n) is 15.7. The molecule has 0 aliphatic rings. The first-order valence-corrected chi connectivity index (χ1v) is 9.08. The maximum atomic E-state index is 12.8. The number of carbonyl (C=O) groups is 2. The van der Waals surface area contributed by atoms with Crippen LogP contribution in [0.3, 0.4) is 0 Å². The van der Waals surface area contributed by atoms with E-state index in [-0.39, 0.29) is 0 Å². The van der Waals surface area contributed by atoms with Gasteiger partial charge in [-0.25, -0.2) is 4.68 Å². The number of benzene rings is 2. The molecule has 3 N–H and O–H groups in total. The van der Waals surface area contributed by atoms with Crippen LogP contribution < -0.4 is 10.9 Å². The van der Waals surface area contributed by atoms with E-state index < -0.39 is 11.8 Å². The summed E-state index contributed by atoms with van der Waals surface area (Å²) in [7, 11) is 0. The van der Waals surface area contributed by atoms with Gasteiger partial charge in [0.05, 0.1) is 11.3 Å². The molecule has 2 heterocycles. The number of nitrogens with zero attached hydrogens (tertiary/aromatic N) is 2. The fourth-order valence-corrected chi connectivity index (χ4v) is 2.90. The summed E-state index contributed by atoms with van der Waals surface area (Å²) in [6, 6.07) is 20.6. The van der Waals surface area contributed by atoms with E-state index in [1.54, 1.807) is 29.2 Å². The molecule has 0 unspecified atom stereocenters. The van der Waals surface area contributed by atoms with Crippen LogP contribution in [0.25, 0.3) is 16.9 Å². The largest absolute Gasteiger partial charge is 0.357 e. The minimum atomic E-state index is -0.456. The van der Waals surface area contributed by atoms with E-state index in [0.717, 1.165) is 16.8 Å². The Kier molecular flexibility index (Phi) is 4.94. The van der Waals surface area contributed by atoms with Crippen molar-refractivity contribution in [1.29, 1.82) is 0 Å². The standard InChI is InChI=1S/C22H19N5O2/c1-15-9-11-17(12-10-15)27-14-18(20(26-27)16-6-3-2-4-7-16)21(28)24-25-22(29)19-8-5-13-23-19/h2-14,23H,1H3,(H,24,28)(H,25,29). The molecule has 0 saturated carbocycles. The molecular weight excluding hydrogens is 366 g/mol. The number of hydrogen-bond donors (Lipinski definition) is 3. The second-order valence-electron chi connectivity index (χ2n) is 6.53. The molecule has 0 spiro atoms. The van der Waals surface area contributed by atoms with Gasteiger partial charge in [0.25, 0.3) is 11.8 Å². The monoisotopic (exact) mass is 385 g/mol. The van der Waals surface area contributed by atoms with Gasteiger partial charge in [-0.05, 0) is 31.2 Å². The van der Waals surface area contributed by atoms with Gasteiger partial charge in [-0.2, -0.15) is 5.10 Å². The lowest BCUT2D eigenvalue weighted by atomic mass is 10.1. The lowest BCUT2D eigenvalue weighted by Crippen LogP contribution is -2.41. The maximum absolute atomic E-state index is 12.8. The molecule has 0 bridgehead atoms.